The second-order valence-electron chi connectivity index (χ2n) is 4.91. The number of rotatable bonds is 8. The van der Waals surface area contributed by atoms with E-state index in [4.69, 9.17) is 9.84 Å². The number of ether oxygens (including phenoxy) is 1. The van der Waals surface area contributed by atoms with Gasteiger partial charge in [0.15, 0.2) is 0 Å². The largest absolute Gasteiger partial charge is 0.494 e. The van der Waals surface area contributed by atoms with Crippen molar-refractivity contribution in [2.75, 3.05) is 31.6 Å². The number of hydrogen-bond acceptors (Lipinski definition) is 3. The fourth-order valence-electron chi connectivity index (χ4n) is 2.03. The van der Waals surface area contributed by atoms with Crippen molar-refractivity contribution in [2.45, 2.75) is 33.6 Å². The highest BCUT2D eigenvalue weighted by Crippen LogP contribution is 2.22. The summed E-state index contributed by atoms with van der Waals surface area (Å²) in [6.07, 6.45) is 1.94. The molecular formula is C16H26N2O3. The summed E-state index contributed by atoms with van der Waals surface area (Å²) in [4.78, 5) is 13.8. The smallest absolute Gasteiger partial charge is 0.321 e. The Morgan fingerprint density at radius 1 is 1.33 bits per heavy atom. The summed E-state index contributed by atoms with van der Waals surface area (Å²) in [5, 5.41) is 11.9. The molecule has 2 N–H and O–H groups in total. The van der Waals surface area contributed by atoms with E-state index in [2.05, 4.69) is 12.2 Å². The van der Waals surface area contributed by atoms with Gasteiger partial charge in [0.1, 0.15) is 5.75 Å². The van der Waals surface area contributed by atoms with Crippen LogP contribution < -0.4 is 10.1 Å². The highest BCUT2D eigenvalue weighted by molar-refractivity contribution is 5.89. The Kier molecular flexibility index (Phi) is 7.61. The summed E-state index contributed by atoms with van der Waals surface area (Å²) in [6, 6.07) is 5.39. The molecule has 1 aromatic carbocycles. The van der Waals surface area contributed by atoms with Crippen molar-refractivity contribution in [1.29, 1.82) is 0 Å². The number of anilines is 1. The second-order valence-corrected chi connectivity index (χ2v) is 4.91. The van der Waals surface area contributed by atoms with E-state index in [-0.39, 0.29) is 12.6 Å². The molecule has 0 saturated heterocycles. The summed E-state index contributed by atoms with van der Waals surface area (Å²) in [6.45, 7) is 7.55. The summed E-state index contributed by atoms with van der Waals surface area (Å²) in [5.41, 5.74) is 1.72. The summed E-state index contributed by atoms with van der Waals surface area (Å²) >= 11 is 0. The van der Waals surface area contributed by atoms with Crippen LogP contribution in [0.25, 0.3) is 0 Å². The molecule has 118 valence electrons. The normalized spacial score (nSPS) is 10.3. The lowest BCUT2D eigenvalue weighted by Crippen LogP contribution is -2.37. The first-order valence-electron chi connectivity index (χ1n) is 7.52. The molecule has 0 fully saturated rings. The molecule has 0 spiro atoms. The third-order valence-electron chi connectivity index (χ3n) is 3.16. The van der Waals surface area contributed by atoms with Crippen molar-refractivity contribution in [3.63, 3.8) is 0 Å². The van der Waals surface area contributed by atoms with Crippen LogP contribution in [0.1, 0.15) is 32.3 Å². The van der Waals surface area contributed by atoms with Crippen molar-refractivity contribution in [1.82, 2.24) is 4.90 Å². The first-order valence-corrected chi connectivity index (χ1v) is 7.52. The van der Waals surface area contributed by atoms with Gasteiger partial charge in [0, 0.05) is 18.8 Å². The number of hydrogen-bond donors (Lipinski definition) is 2. The van der Waals surface area contributed by atoms with Gasteiger partial charge in [0.05, 0.1) is 13.2 Å². The summed E-state index contributed by atoms with van der Waals surface area (Å²) in [7, 11) is 0. The van der Waals surface area contributed by atoms with E-state index in [0.717, 1.165) is 29.8 Å². The SMILES string of the molecule is CCCCN(CCO)C(=O)Nc1ccc(OCC)c(C)c1. The molecule has 0 aliphatic carbocycles. The summed E-state index contributed by atoms with van der Waals surface area (Å²) < 4.78 is 5.48. The Balaban J connectivity index is 2.69. The molecule has 0 aliphatic heterocycles. The fraction of sp³-hybridized carbons (Fsp3) is 0.562. The molecule has 0 saturated carbocycles. The van der Waals surface area contributed by atoms with Crippen LogP contribution in [0, 0.1) is 6.92 Å². The number of carbonyl (C=O) groups is 1. The monoisotopic (exact) mass is 294 g/mol. The van der Waals surface area contributed by atoms with Gasteiger partial charge in [-0.15, -0.1) is 0 Å². The molecule has 0 aliphatic rings. The lowest BCUT2D eigenvalue weighted by Gasteiger charge is -2.22. The molecule has 0 heterocycles. The maximum atomic E-state index is 12.2. The van der Waals surface area contributed by atoms with E-state index in [0.29, 0.717) is 19.7 Å². The van der Waals surface area contributed by atoms with Crippen molar-refractivity contribution >= 4 is 11.7 Å². The lowest BCUT2D eigenvalue weighted by atomic mass is 10.2. The minimum atomic E-state index is -0.180. The zero-order valence-corrected chi connectivity index (χ0v) is 13.2. The molecule has 21 heavy (non-hydrogen) atoms. The predicted octanol–water partition coefficient (Wildman–Crippen LogP) is 3.02. The topological polar surface area (TPSA) is 61.8 Å². The van der Waals surface area contributed by atoms with E-state index in [9.17, 15) is 4.79 Å². The Hall–Kier alpha value is -1.75. The van der Waals surface area contributed by atoms with Gasteiger partial charge >= 0.3 is 6.03 Å². The highest BCUT2D eigenvalue weighted by Gasteiger charge is 2.13. The first kappa shape index (κ1) is 17.3. The maximum Gasteiger partial charge on any atom is 0.321 e. The van der Waals surface area contributed by atoms with Crippen molar-refractivity contribution in [2.24, 2.45) is 0 Å². The first-order chi connectivity index (χ1) is 10.1. The Bertz CT molecular complexity index is 449. The quantitative estimate of drug-likeness (QED) is 0.774. The van der Waals surface area contributed by atoms with Crippen molar-refractivity contribution in [3.05, 3.63) is 23.8 Å². The molecule has 5 heteroatoms. The number of urea groups is 1. The zero-order valence-electron chi connectivity index (χ0n) is 13.2. The van der Waals surface area contributed by atoms with E-state index >= 15 is 0 Å². The lowest BCUT2D eigenvalue weighted by molar-refractivity contribution is 0.187. The number of benzene rings is 1. The van der Waals surface area contributed by atoms with Gasteiger partial charge in [0.25, 0.3) is 0 Å². The third-order valence-corrected chi connectivity index (χ3v) is 3.16. The zero-order chi connectivity index (χ0) is 15.7. The third kappa shape index (κ3) is 5.63. The van der Waals surface area contributed by atoms with Gasteiger partial charge in [-0.05, 0) is 44.0 Å². The van der Waals surface area contributed by atoms with Gasteiger partial charge in [0.2, 0.25) is 0 Å². The van der Waals surface area contributed by atoms with Crippen LogP contribution in [0.3, 0.4) is 0 Å². The number of aliphatic hydroxyl groups excluding tert-OH is 1. The molecule has 0 bridgehead atoms. The maximum absolute atomic E-state index is 12.2. The molecule has 1 aromatic rings. The van der Waals surface area contributed by atoms with Crippen LogP contribution in [-0.4, -0.2) is 42.3 Å². The average molecular weight is 294 g/mol. The Morgan fingerprint density at radius 2 is 2.10 bits per heavy atom. The average Bonchev–Trinajstić information content (AvgIpc) is 2.46. The van der Waals surface area contributed by atoms with Gasteiger partial charge in [-0.2, -0.15) is 0 Å². The van der Waals surface area contributed by atoms with Crippen LogP contribution in [0.2, 0.25) is 0 Å². The van der Waals surface area contributed by atoms with Crippen LogP contribution in [0.5, 0.6) is 5.75 Å². The van der Waals surface area contributed by atoms with Crippen LogP contribution in [-0.2, 0) is 0 Å². The van der Waals surface area contributed by atoms with E-state index in [1.54, 1.807) is 4.90 Å². The van der Waals surface area contributed by atoms with Gasteiger partial charge < -0.3 is 20.1 Å². The molecule has 2 amide bonds. The highest BCUT2D eigenvalue weighted by atomic mass is 16.5. The summed E-state index contributed by atoms with van der Waals surface area (Å²) in [5.74, 6) is 0.827. The van der Waals surface area contributed by atoms with Crippen LogP contribution >= 0.6 is 0 Å². The number of carbonyl (C=O) groups excluding carboxylic acids is 1. The number of aryl methyl sites for hydroxylation is 1. The van der Waals surface area contributed by atoms with Crippen molar-refractivity contribution < 1.29 is 14.6 Å². The van der Waals surface area contributed by atoms with E-state index in [1.165, 1.54) is 0 Å². The van der Waals surface area contributed by atoms with E-state index in [1.807, 2.05) is 32.0 Å². The molecule has 0 atom stereocenters. The number of nitrogens with zero attached hydrogens (tertiary/aromatic N) is 1. The Labute approximate surface area is 126 Å². The van der Waals surface area contributed by atoms with E-state index < -0.39 is 0 Å². The number of nitrogens with one attached hydrogen (secondary N) is 1. The van der Waals surface area contributed by atoms with Gasteiger partial charge in [-0.3, -0.25) is 0 Å². The molecule has 5 nitrogen and oxygen atoms in total. The predicted molar refractivity (Wildman–Crippen MR) is 84.9 cm³/mol. The number of aliphatic hydroxyl groups is 1. The minimum absolute atomic E-state index is 0.0283. The molecule has 1 rings (SSSR count). The number of amides is 2. The molecule has 0 radical (unpaired) electrons. The standard InChI is InChI=1S/C16H26N2O3/c1-4-6-9-18(10-11-19)16(20)17-14-7-8-15(21-5-2)13(3)12-14/h7-8,12,19H,4-6,9-11H2,1-3H3,(H,17,20). The van der Waals surface area contributed by atoms with Gasteiger partial charge in [-0.1, -0.05) is 13.3 Å². The number of unbranched alkanes of at least 4 members (excludes halogenated alkanes) is 1. The Morgan fingerprint density at radius 3 is 2.67 bits per heavy atom. The van der Waals surface area contributed by atoms with Crippen molar-refractivity contribution in [3.8, 4) is 5.75 Å². The minimum Gasteiger partial charge on any atom is -0.494 e. The molecule has 0 unspecified atom stereocenters. The fourth-order valence-corrected chi connectivity index (χ4v) is 2.03. The molecule has 0 aromatic heterocycles. The van der Waals surface area contributed by atoms with Crippen LogP contribution in [0.15, 0.2) is 18.2 Å². The van der Waals surface area contributed by atoms with Crippen LogP contribution in [0.4, 0.5) is 10.5 Å². The molecular weight excluding hydrogens is 268 g/mol. The second kappa shape index (κ2) is 9.23. The van der Waals surface area contributed by atoms with Gasteiger partial charge in [-0.25, -0.2) is 4.79 Å².